The Labute approximate surface area is 107 Å². The van der Waals surface area contributed by atoms with Gasteiger partial charge in [0.25, 0.3) is 5.91 Å². The number of carbonyl (C=O) groups is 1. The molecule has 0 aromatic heterocycles. The summed E-state index contributed by atoms with van der Waals surface area (Å²) in [7, 11) is 1.55. The molecule has 2 rings (SSSR count). The average molecular weight is 249 g/mol. The molecule has 1 fully saturated rings. The minimum Gasteiger partial charge on any atom is -0.507 e. The lowest BCUT2D eigenvalue weighted by Gasteiger charge is -2.22. The second-order valence-electron chi connectivity index (χ2n) is 4.61. The van der Waals surface area contributed by atoms with Crippen molar-refractivity contribution >= 4 is 5.91 Å². The predicted molar refractivity (Wildman–Crippen MR) is 69.0 cm³/mol. The van der Waals surface area contributed by atoms with Crippen molar-refractivity contribution in [3.8, 4) is 11.5 Å². The molecule has 0 bridgehead atoms. The smallest absolute Gasteiger partial charge is 0.257 e. The van der Waals surface area contributed by atoms with Gasteiger partial charge in [-0.1, -0.05) is 6.92 Å². The van der Waals surface area contributed by atoms with Gasteiger partial charge in [0.05, 0.1) is 12.7 Å². The van der Waals surface area contributed by atoms with Crippen molar-refractivity contribution in [1.82, 2.24) is 4.90 Å². The third kappa shape index (κ3) is 2.58. The minimum atomic E-state index is -0.101. The summed E-state index contributed by atoms with van der Waals surface area (Å²) in [6.45, 7) is 2.79. The highest BCUT2D eigenvalue weighted by Gasteiger charge is 2.33. The fourth-order valence-corrected chi connectivity index (χ4v) is 2.05. The number of methoxy groups -OCH3 is 1. The largest absolute Gasteiger partial charge is 0.507 e. The SMILES string of the molecule is CCCN(C(=O)c1cc(OC)ccc1O)C1CC1. The maximum Gasteiger partial charge on any atom is 0.257 e. The first-order valence-electron chi connectivity index (χ1n) is 6.35. The van der Waals surface area contributed by atoms with Crippen LogP contribution in [0.5, 0.6) is 11.5 Å². The molecule has 0 aliphatic heterocycles. The van der Waals surface area contributed by atoms with Crippen LogP contribution in [0.3, 0.4) is 0 Å². The van der Waals surface area contributed by atoms with E-state index < -0.39 is 0 Å². The summed E-state index contributed by atoms with van der Waals surface area (Å²) in [4.78, 5) is 14.3. The molecule has 1 N–H and O–H groups in total. The Bertz CT molecular complexity index is 441. The van der Waals surface area contributed by atoms with Crippen molar-refractivity contribution in [2.45, 2.75) is 32.2 Å². The van der Waals surface area contributed by atoms with Gasteiger partial charge in [0.15, 0.2) is 0 Å². The summed E-state index contributed by atoms with van der Waals surface area (Å²) in [5, 5.41) is 9.82. The van der Waals surface area contributed by atoms with Gasteiger partial charge in [-0.25, -0.2) is 0 Å². The van der Waals surface area contributed by atoms with Crippen molar-refractivity contribution in [3.63, 3.8) is 0 Å². The molecule has 4 heteroatoms. The van der Waals surface area contributed by atoms with E-state index in [0.717, 1.165) is 25.8 Å². The Morgan fingerprint density at radius 1 is 1.50 bits per heavy atom. The molecule has 18 heavy (non-hydrogen) atoms. The number of amides is 1. The topological polar surface area (TPSA) is 49.8 Å². The predicted octanol–water partition coefficient (Wildman–Crippen LogP) is 2.42. The minimum absolute atomic E-state index is 0.0163. The normalized spacial score (nSPS) is 14.3. The Morgan fingerprint density at radius 2 is 2.22 bits per heavy atom. The third-order valence-electron chi connectivity index (χ3n) is 3.15. The molecule has 1 aromatic rings. The second-order valence-corrected chi connectivity index (χ2v) is 4.61. The van der Waals surface area contributed by atoms with Crippen molar-refractivity contribution in [2.75, 3.05) is 13.7 Å². The van der Waals surface area contributed by atoms with Crippen LogP contribution < -0.4 is 4.74 Å². The Hall–Kier alpha value is -1.71. The van der Waals surface area contributed by atoms with Gasteiger partial charge >= 0.3 is 0 Å². The maximum atomic E-state index is 12.4. The Kier molecular flexibility index (Phi) is 3.75. The van der Waals surface area contributed by atoms with Crippen molar-refractivity contribution < 1.29 is 14.6 Å². The lowest BCUT2D eigenvalue weighted by molar-refractivity contribution is 0.0739. The highest BCUT2D eigenvalue weighted by molar-refractivity contribution is 5.97. The zero-order valence-electron chi connectivity index (χ0n) is 10.8. The van der Waals surface area contributed by atoms with Crippen LogP contribution in [-0.2, 0) is 0 Å². The highest BCUT2D eigenvalue weighted by Crippen LogP contribution is 2.31. The average Bonchev–Trinajstić information content (AvgIpc) is 3.20. The third-order valence-corrected chi connectivity index (χ3v) is 3.15. The van der Waals surface area contributed by atoms with Crippen LogP contribution in [-0.4, -0.2) is 35.6 Å². The van der Waals surface area contributed by atoms with Gasteiger partial charge in [-0.2, -0.15) is 0 Å². The first-order valence-corrected chi connectivity index (χ1v) is 6.35. The van der Waals surface area contributed by atoms with Gasteiger partial charge in [-0.3, -0.25) is 4.79 Å². The van der Waals surface area contributed by atoms with E-state index in [1.165, 1.54) is 6.07 Å². The van der Waals surface area contributed by atoms with Gasteiger partial charge in [-0.05, 0) is 37.5 Å². The summed E-state index contributed by atoms with van der Waals surface area (Å²) in [6, 6.07) is 5.10. The number of hydrogen-bond acceptors (Lipinski definition) is 3. The first-order chi connectivity index (χ1) is 8.67. The molecule has 0 radical (unpaired) electrons. The Balaban J connectivity index is 2.25. The number of aromatic hydroxyl groups is 1. The number of nitrogens with zero attached hydrogens (tertiary/aromatic N) is 1. The number of rotatable bonds is 5. The molecule has 98 valence electrons. The van der Waals surface area contributed by atoms with Crippen LogP contribution in [0.2, 0.25) is 0 Å². The van der Waals surface area contributed by atoms with Crippen molar-refractivity contribution in [3.05, 3.63) is 23.8 Å². The van der Waals surface area contributed by atoms with E-state index in [2.05, 4.69) is 0 Å². The van der Waals surface area contributed by atoms with Crippen LogP contribution >= 0.6 is 0 Å². The van der Waals surface area contributed by atoms with Gasteiger partial charge in [0, 0.05) is 12.6 Å². The summed E-state index contributed by atoms with van der Waals surface area (Å²) in [6.07, 6.45) is 3.06. The van der Waals surface area contributed by atoms with E-state index in [-0.39, 0.29) is 11.7 Å². The first kappa shape index (κ1) is 12.7. The van der Waals surface area contributed by atoms with Gasteiger partial charge in [0.1, 0.15) is 11.5 Å². The summed E-state index contributed by atoms with van der Waals surface area (Å²) in [5.74, 6) is 0.502. The van der Waals surface area contributed by atoms with E-state index in [1.807, 2.05) is 11.8 Å². The number of hydrogen-bond donors (Lipinski definition) is 1. The maximum absolute atomic E-state index is 12.4. The molecular formula is C14H19NO3. The van der Waals surface area contributed by atoms with Crippen LogP contribution in [0.15, 0.2) is 18.2 Å². The van der Waals surface area contributed by atoms with E-state index in [9.17, 15) is 9.90 Å². The number of carbonyl (C=O) groups excluding carboxylic acids is 1. The lowest BCUT2D eigenvalue weighted by Crippen LogP contribution is -2.33. The molecule has 0 heterocycles. The van der Waals surface area contributed by atoms with Gasteiger partial charge in [0.2, 0.25) is 0 Å². The zero-order chi connectivity index (χ0) is 13.1. The van der Waals surface area contributed by atoms with E-state index in [1.54, 1.807) is 19.2 Å². The lowest BCUT2D eigenvalue weighted by atomic mass is 10.1. The van der Waals surface area contributed by atoms with Gasteiger partial charge in [-0.15, -0.1) is 0 Å². The summed E-state index contributed by atoms with van der Waals surface area (Å²) >= 11 is 0. The van der Waals surface area contributed by atoms with Crippen LogP contribution in [0.4, 0.5) is 0 Å². The number of phenols is 1. The molecule has 1 aliphatic rings. The molecule has 1 amide bonds. The van der Waals surface area contributed by atoms with E-state index in [4.69, 9.17) is 4.74 Å². The highest BCUT2D eigenvalue weighted by atomic mass is 16.5. The molecule has 0 atom stereocenters. The fourth-order valence-electron chi connectivity index (χ4n) is 2.05. The summed E-state index contributed by atoms with van der Waals surface area (Å²) in [5.41, 5.74) is 0.328. The van der Waals surface area contributed by atoms with Crippen molar-refractivity contribution in [1.29, 1.82) is 0 Å². The monoisotopic (exact) mass is 249 g/mol. The molecule has 4 nitrogen and oxygen atoms in total. The van der Waals surface area contributed by atoms with Gasteiger partial charge < -0.3 is 14.7 Å². The van der Waals surface area contributed by atoms with E-state index >= 15 is 0 Å². The van der Waals surface area contributed by atoms with Crippen LogP contribution in [0, 0.1) is 0 Å². The molecule has 1 aromatic carbocycles. The zero-order valence-corrected chi connectivity index (χ0v) is 10.8. The Morgan fingerprint density at radius 3 is 2.78 bits per heavy atom. The number of ether oxygens (including phenoxy) is 1. The van der Waals surface area contributed by atoms with E-state index in [0.29, 0.717) is 17.4 Å². The summed E-state index contributed by atoms with van der Waals surface area (Å²) < 4.78 is 5.09. The quantitative estimate of drug-likeness (QED) is 0.871. The molecule has 0 unspecified atom stereocenters. The number of phenolic OH excluding ortho intramolecular Hbond substituents is 1. The van der Waals surface area contributed by atoms with Crippen LogP contribution in [0.25, 0.3) is 0 Å². The molecule has 0 spiro atoms. The molecule has 1 saturated carbocycles. The number of benzene rings is 1. The van der Waals surface area contributed by atoms with Crippen molar-refractivity contribution in [2.24, 2.45) is 0 Å². The molecular weight excluding hydrogens is 230 g/mol. The fraction of sp³-hybridized carbons (Fsp3) is 0.500. The second kappa shape index (κ2) is 5.29. The standard InChI is InChI=1S/C14H19NO3/c1-3-8-15(10-4-5-10)14(17)12-9-11(18-2)6-7-13(12)16/h6-7,9-10,16H,3-5,8H2,1-2H3. The molecule has 1 aliphatic carbocycles. The molecule has 0 saturated heterocycles. The van der Waals surface area contributed by atoms with Crippen LogP contribution in [0.1, 0.15) is 36.5 Å².